The van der Waals surface area contributed by atoms with Gasteiger partial charge < -0.3 is 15.0 Å². The van der Waals surface area contributed by atoms with E-state index in [1.807, 2.05) is 12.5 Å². The van der Waals surface area contributed by atoms with Gasteiger partial charge in [-0.3, -0.25) is 4.79 Å². The molecule has 15 heavy (non-hydrogen) atoms. The smallest absolute Gasteiger partial charge is 0.304 e. The lowest BCUT2D eigenvalue weighted by Crippen LogP contribution is -2.19. The standard InChI is InChI=1S/C10H15N3O2/c14-10(15)3-4-11-5-9-6-12-7-13(9)8-1-2-8/h6-8,11H,1-5H2,(H,14,15). The number of nitrogens with one attached hydrogen (secondary N) is 1. The van der Waals surface area contributed by atoms with Crippen molar-refractivity contribution in [2.45, 2.75) is 31.8 Å². The molecule has 5 heteroatoms. The summed E-state index contributed by atoms with van der Waals surface area (Å²) in [6, 6.07) is 0.628. The summed E-state index contributed by atoms with van der Waals surface area (Å²) in [5.74, 6) is -0.766. The van der Waals surface area contributed by atoms with E-state index in [9.17, 15) is 4.79 Å². The predicted molar refractivity (Wildman–Crippen MR) is 54.5 cm³/mol. The minimum absolute atomic E-state index is 0.164. The van der Waals surface area contributed by atoms with Crippen LogP contribution in [0.4, 0.5) is 0 Å². The van der Waals surface area contributed by atoms with Gasteiger partial charge in [-0.2, -0.15) is 0 Å². The molecule has 2 N–H and O–H groups in total. The SMILES string of the molecule is O=C(O)CCNCc1cncn1C1CC1. The van der Waals surface area contributed by atoms with Crippen LogP contribution >= 0.6 is 0 Å². The minimum Gasteiger partial charge on any atom is -0.481 e. The molecular formula is C10H15N3O2. The molecule has 0 bridgehead atoms. The average molecular weight is 209 g/mol. The van der Waals surface area contributed by atoms with Crippen LogP contribution in [0.15, 0.2) is 12.5 Å². The highest BCUT2D eigenvalue weighted by molar-refractivity contribution is 5.66. The summed E-state index contributed by atoms with van der Waals surface area (Å²) in [6.45, 7) is 1.20. The second-order valence-corrected chi connectivity index (χ2v) is 3.84. The van der Waals surface area contributed by atoms with Crippen molar-refractivity contribution in [2.75, 3.05) is 6.54 Å². The Morgan fingerprint density at radius 3 is 3.13 bits per heavy atom. The average Bonchev–Trinajstić information content (AvgIpc) is 2.93. The lowest BCUT2D eigenvalue weighted by atomic mass is 10.4. The molecule has 1 aliphatic rings. The molecule has 1 heterocycles. The number of carboxylic acids is 1. The highest BCUT2D eigenvalue weighted by atomic mass is 16.4. The first kappa shape index (κ1) is 10.2. The number of hydrogen-bond donors (Lipinski definition) is 2. The van der Waals surface area contributed by atoms with Crippen molar-refractivity contribution in [1.29, 1.82) is 0 Å². The summed E-state index contributed by atoms with van der Waals surface area (Å²) in [6.07, 6.45) is 6.33. The van der Waals surface area contributed by atoms with Crippen LogP contribution in [0.3, 0.4) is 0 Å². The van der Waals surface area contributed by atoms with Crippen LogP contribution in [0.5, 0.6) is 0 Å². The normalized spacial score (nSPS) is 15.5. The number of aromatic nitrogens is 2. The van der Waals surface area contributed by atoms with E-state index < -0.39 is 5.97 Å². The third kappa shape index (κ3) is 2.79. The van der Waals surface area contributed by atoms with Crippen molar-refractivity contribution in [3.63, 3.8) is 0 Å². The quantitative estimate of drug-likeness (QED) is 0.679. The van der Waals surface area contributed by atoms with Gasteiger partial charge in [-0.05, 0) is 12.8 Å². The molecule has 1 aromatic rings. The van der Waals surface area contributed by atoms with Crippen molar-refractivity contribution >= 4 is 5.97 Å². The summed E-state index contributed by atoms with van der Waals surface area (Å²) >= 11 is 0. The molecule has 1 fully saturated rings. The number of carbonyl (C=O) groups is 1. The van der Waals surface area contributed by atoms with Crippen LogP contribution in [-0.4, -0.2) is 27.2 Å². The highest BCUT2D eigenvalue weighted by Gasteiger charge is 2.24. The third-order valence-corrected chi connectivity index (χ3v) is 2.51. The molecule has 0 radical (unpaired) electrons. The van der Waals surface area contributed by atoms with Gasteiger partial charge in [0.05, 0.1) is 18.4 Å². The van der Waals surface area contributed by atoms with E-state index in [-0.39, 0.29) is 6.42 Å². The van der Waals surface area contributed by atoms with E-state index in [4.69, 9.17) is 5.11 Å². The number of aliphatic carboxylic acids is 1. The Kier molecular flexibility index (Phi) is 3.01. The van der Waals surface area contributed by atoms with E-state index in [2.05, 4.69) is 14.9 Å². The van der Waals surface area contributed by atoms with E-state index in [1.54, 1.807) is 0 Å². The van der Waals surface area contributed by atoms with Gasteiger partial charge in [0.25, 0.3) is 0 Å². The summed E-state index contributed by atoms with van der Waals surface area (Å²) in [5.41, 5.74) is 1.14. The highest BCUT2D eigenvalue weighted by Crippen LogP contribution is 2.35. The van der Waals surface area contributed by atoms with Crippen LogP contribution in [0.2, 0.25) is 0 Å². The molecule has 82 valence electrons. The Morgan fingerprint density at radius 1 is 1.67 bits per heavy atom. The summed E-state index contributed by atoms with van der Waals surface area (Å²) in [5, 5.41) is 11.6. The largest absolute Gasteiger partial charge is 0.481 e. The molecule has 0 saturated heterocycles. The van der Waals surface area contributed by atoms with Crippen LogP contribution in [-0.2, 0) is 11.3 Å². The molecule has 0 aliphatic heterocycles. The fourth-order valence-electron chi connectivity index (χ4n) is 1.56. The molecule has 1 saturated carbocycles. The lowest BCUT2D eigenvalue weighted by Gasteiger charge is -2.06. The van der Waals surface area contributed by atoms with Crippen LogP contribution in [0.1, 0.15) is 31.0 Å². The van der Waals surface area contributed by atoms with Gasteiger partial charge in [-0.15, -0.1) is 0 Å². The molecule has 1 aromatic heterocycles. The maximum Gasteiger partial charge on any atom is 0.304 e. The summed E-state index contributed by atoms with van der Waals surface area (Å²) < 4.78 is 2.17. The zero-order valence-corrected chi connectivity index (χ0v) is 8.52. The fraction of sp³-hybridized carbons (Fsp3) is 0.600. The molecule has 0 unspecified atom stereocenters. The number of rotatable bonds is 6. The second kappa shape index (κ2) is 4.44. The Balaban J connectivity index is 1.77. The maximum atomic E-state index is 10.3. The number of carboxylic acid groups (broad SMARTS) is 1. The van der Waals surface area contributed by atoms with Crippen molar-refractivity contribution in [3.05, 3.63) is 18.2 Å². The first-order chi connectivity index (χ1) is 7.27. The molecular weight excluding hydrogens is 194 g/mol. The van der Waals surface area contributed by atoms with Gasteiger partial charge in [0.2, 0.25) is 0 Å². The molecule has 0 atom stereocenters. The maximum absolute atomic E-state index is 10.3. The van der Waals surface area contributed by atoms with Crippen molar-refractivity contribution < 1.29 is 9.90 Å². The molecule has 0 amide bonds. The summed E-state index contributed by atoms with van der Waals surface area (Å²) in [7, 11) is 0. The topological polar surface area (TPSA) is 67.2 Å². The van der Waals surface area contributed by atoms with E-state index in [0.29, 0.717) is 19.1 Å². The van der Waals surface area contributed by atoms with E-state index in [0.717, 1.165) is 5.69 Å². The fourth-order valence-corrected chi connectivity index (χ4v) is 1.56. The zero-order chi connectivity index (χ0) is 10.7. The molecule has 5 nitrogen and oxygen atoms in total. The minimum atomic E-state index is -0.766. The van der Waals surface area contributed by atoms with Gasteiger partial charge in [0.15, 0.2) is 0 Å². The Morgan fingerprint density at radius 2 is 2.47 bits per heavy atom. The number of imidazole rings is 1. The Labute approximate surface area is 88.1 Å². The number of hydrogen-bond acceptors (Lipinski definition) is 3. The lowest BCUT2D eigenvalue weighted by molar-refractivity contribution is -0.136. The number of nitrogens with zero attached hydrogens (tertiary/aromatic N) is 2. The summed E-state index contributed by atoms with van der Waals surface area (Å²) in [4.78, 5) is 14.4. The van der Waals surface area contributed by atoms with Gasteiger partial charge >= 0.3 is 5.97 Å². The first-order valence-electron chi connectivity index (χ1n) is 5.20. The molecule has 0 aromatic carbocycles. The van der Waals surface area contributed by atoms with Gasteiger partial charge in [-0.1, -0.05) is 0 Å². The molecule has 2 rings (SSSR count). The van der Waals surface area contributed by atoms with Gasteiger partial charge in [0, 0.05) is 25.3 Å². The Bertz CT molecular complexity index is 344. The van der Waals surface area contributed by atoms with Crippen LogP contribution in [0.25, 0.3) is 0 Å². The van der Waals surface area contributed by atoms with Crippen molar-refractivity contribution in [1.82, 2.24) is 14.9 Å². The molecule has 0 spiro atoms. The van der Waals surface area contributed by atoms with Crippen LogP contribution in [0, 0.1) is 0 Å². The third-order valence-electron chi connectivity index (χ3n) is 2.51. The molecule has 1 aliphatic carbocycles. The van der Waals surface area contributed by atoms with E-state index in [1.165, 1.54) is 12.8 Å². The van der Waals surface area contributed by atoms with E-state index >= 15 is 0 Å². The van der Waals surface area contributed by atoms with Crippen LogP contribution < -0.4 is 5.32 Å². The van der Waals surface area contributed by atoms with Gasteiger partial charge in [0.1, 0.15) is 0 Å². The van der Waals surface area contributed by atoms with Crippen molar-refractivity contribution in [2.24, 2.45) is 0 Å². The van der Waals surface area contributed by atoms with Crippen molar-refractivity contribution in [3.8, 4) is 0 Å². The van der Waals surface area contributed by atoms with Gasteiger partial charge in [-0.25, -0.2) is 4.98 Å². The Hall–Kier alpha value is -1.36. The predicted octanol–water partition coefficient (Wildman–Crippen LogP) is 0.782. The second-order valence-electron chi connectivity index (χ2n) is 3.84. The first-order valence-corrected chi connectivity index (χ1v) is 5.20. The monoisotopic (exact) mass is 209 g/mol. The zero-order valence-electron chi connectivity index (χ0n) is 8.52.